The van der Waals surface area contributed by atoms with Gasteiger partial charge in [-0.05, 0) is 32.9 Å². The number of carbonyl (C=O) groups is 1. The Morgan fingerprint density at radius 2 is 2.04 bits per heavy atom. The molecular weight excluding hydrogens is 366 g/mol. The molecule has 1 saturated heterocycles. The SMILES string of the molecule is CCCCCc1c([N+](=O)[O-])ccc2nc(N3CN(C)CN(CC)C3=O)sc12. The summed E-state index contributed by atoms with van der Waals surface area (Å²) in [5, 5.41) is 12.1. The van der Waals surface area contributed by atoms with Crippen LogP contribution >= 0.6 is 11.3 Å². The zero-order valence-corrected chi connectivity index (χ0v) is 16.8. The Morgan fingerprint density at radius 1 is 1.26 bits per heavy atom. The molecule has 146 valence electrons. The number of hydrogen-bond donors (Lipinski definition) is 0. The summed E-state index contributed by atoms with van der Waals surface area (Å²) < 4.78 is 0.819. The third kappa shape index (κ3) is 3.89. The van der Waals surface area contributed by atoms with Crippen molar-refractivity contribution in [1.82, 2.24) is 14.8 Å². The maximum atomic E-state index is 12.7. The molecule has 27 heavy (non-hydrogen) atoms. The zero-order chi connectivity index (χ0) is 19.6. The number of nitro benzene ring substituents is 1. The van der Waals surface area contributed by atoms with Crippen molar-refractivity contribution in [3.8, 4) is 0 Å². The monoisotopic (exact) mass is 391 g/mol. The molecule has 2 amide bonds. The number of aromatic nitrogens is 1. The third-order valence-electron chi connectivity index (χ3n) is 4.76. The summed E-state index contributed by atoms with van der Waals surface area (Å²) in [6.07, 6.45) is 3.63. The van der Waals surface area contributed by atoms with Gasteiger partial charge in [-0.2, -0.15) is 0 Å². The van der Waals surface area contributed by atoms with E-state index in [1.54, 1.807) is 15.9 Å². The first-order valence-electron chi connectivity index (χ1n) is 9.28. The topological polar surface area (TPSA) is 82.8 Å². The number of unbranched alkanes of at least 4 members (excludes halogenated alkanes) is 2. The van der Waals surface area contributed by atoms with Crippen molar-refractivity contribution in [2.45, 2.75) is 39.5 Å². The van der Waals surface area contributed by atoms with E-state index in [0.717, 1.165) is 35.0 Å². The molecule has 1 aliphatic rings. The first-order chi connectivity index (χ1) is 13.0. The van der Waals surface area contributed by atoms with Gasteiger partial charge in [0.05, 0.1) is 28.5 Å². The van der Waals surface area contributed by atoms with E-state index in [1.807, 2.05) is 18.9 Å². The van der Waals surface area contributed by atoms with Crippen LogP contribution in [0.2, 0.25) is 0 Å². The number of urea groups is 1. The van der Waals surface area contributed by atoms with Gasteiger partial charge >= 0.3 is 6.03 Å². The zero-order valence-electron chi connectivity index (χ0n) is 16.0. The van der Waals surface area contributed by atoms with Gasteiger partial charge in [-0.25, -0.2) is 9.78 Å². The van der Waals surface area contributed by atoms with Crippen LogP contribution in [0.1, 0.15) is 38.7 Å². The lowest BCUT2D eigenvalue weighted by Crippen LogP contribution is -2.56. The van der Waals surface area contributed by atoms with Crippen molar-refractivity contribution >= 4 is 38.4 Å². The Hall–Kier alpha value is -2.26. The number of thiazole rings is 1. The molecule has 0 aliphatic carbocycles. The Bertz CT molecular complexity index is 853. The summed E-state index contributed by atoms with van der Waals surface area (Å²) in [7, 11) is 1.95. The highest BCUT2D eigenvalue weighted by molar-refractivity contribution is 7.22. The van der Waals surface area contributed by atoms with E-state index in [4.69, 9.17) is 0 Å². The summed E-state index contributed by atoms with van der Waals surface area (Å²) in [6.45, 7) is 5.73. The van der Waals surface area contributed by atoms with Gasteiger partial charge < -0.3 is 4.90 Å². The molecule has 1 aromatic heterocycles. The van der Waals surface area contributed by atoms with Crippen molar-refractivity contribution in [3.05, 3.63) is 27.8 Å². The van der Waals surface area contributed by atoms with Crippen LogP contribution in [0, 0.1) is 10.1 Å². The summed E-state index contributed by atoms with van der Waals surface area (Å²) >= 11 is 1.37. The average Bonchev–Trinajstić information content (AvgIpc) is 3.07. The fraction of sp³-hybridized carbons (Fsp3) is 0.556. The van der Waals surface area contributed by atoms with Crippen LogP contribution in [0.5, 0.6) is 0 Å². The van der Waals surface area contributed by atoms with Crippen LogP contribution in [-0.2, 0) is 6.42 Å². The van der Waals surface area contributed by atoms with Crippen LogP contribution in [0.15, 0.2) is 12.1 Å². The lowest BCUT2D eigenvalue weighted by Gasteiger charge is -2.38. The second-order valence-corrected chi connectivity index (χ2v) is 7.81. The van der Waals surface area contributed by atoms with Crippen LogP contribution in [-0.4, -0.2) is 52.7 Å². The number of nitrogens with zero attached hydrogens (tertiary/aromatic N) is 5. The van der Waals surface area contributed by atoms with Gasteiger partial charge in [-0.3, -0.25) is 19.9 Å². The van der Waals surface area contributed by atoms with E-state index in [2.05, 4.69) is 11.9 Å². The van der Waals surface area contributed by atoms with Crippen LogP contribution in [0.4, 0.5) is 15.6 Å². The molecule has 3 rings (SSSR count). The maximum Gasteiger partial charge on any atom is 0.328 e. The second kappa shape index (κ2) is 8.18. The minimum atomic E-state index is -0.321. The average molecular weight is 391 g/mol. The van der Waals surface area contributed by atoms with Crippen molar-refractivity contribution in [2.75, 3.05) is 31.8 Å². The van der Waals surface area contributed by atoms with Gasteiger partial charge in [0.15, 0.2) is 5.13 Å². The predicted molar refractivity (Wildman–Crippen MR) is 107 cm³/mol. The number of fused-ring (bicyclic) bond motifs is 1. The van der Waals surface area contributed by atoms with Crippen LogP contribution in [0.25, 0.3) is 10.2 Å². The number of carbonyl (C=O) groups excluding carboxylic acids is 1. The molecule has 9 heteroatoms. The first-order valence-corrected chi connectivity index (χ1v) is 10.1. The Kier molecular flexibility index (Phi) is 5.91. The van der Waals surface area contributed by atoms with Gasteiger partial charge in [-0.1, -0.05) is 31.1 Å². The number of aryl methyl sites for hydroxylation is 1. The molecule has 1 fully saturated rings. The highest BCUT2D eigenvalue weighted by atomic mass is 32.1. The molecule has 2 heterocycles. The van der Waals surface area contributed by atoms with Gasteiger partial charge in [0.1, 0.15) is 0 Å². The fourth-order valence-electron chi connectivity index (χ4n) is 3.35. The number of hydrogen-bond acceptors (Lipinski definition) is 6. The first kappa shape index (κ1) is 19.5. The number of rotatable bonds is 7. The summed E-state index contributed by atoms with van der Waals surface area (Å²) in [5.74, 6) is 0. The lowest BCUT2D eigenvalue weighted by atomic mass is 10.0. The van der Waals surface area contributed by atoms with E-state index in [1.165, 1.54) is 17.4 Å². The normalized spacial score (nSPS) is 15.7. The number of anilines is 1. The fourth-order valence-corrected chi connectivity index (χ4v) is 4.47. The predicted octanol–water partition coefficient (Wildman–Crippen LogP) is 4.05. The molecule has 1 aliphatic heterocycles. The third-order valence-corrected chi connectivity index (χ3v) is 5.91. The molecular formula is C18H25N5O3S. The van der Waals surface area contributed by atoms with Crippen molar-refractivity contribution in [1.29, 1.82) is 0 Å². The van der Waals surface area contributed by atoms with E-state index < -0.39 is 0 Å². The molecule has 0 atom stereocenters. The van der Waals surface area contributed by atoms with E-state index in [9.17, 15) is 14.9 Å². The highest BCUT2D eigenvalue weighted by Crippen LogP contribution is 2.37. The molecule has 2 aromatic rings. The molecule has 1 aromatic carbocycles. The lowest BCUT2D eigenvalue weighted by molar-refractivity contribution is -0.385. The van der Waals surface area contributed by atoms with Gasteiger partial charge in [0, 0.05) is 18.2 Å². The molecule has 0 radical (unpaired) electrons. The van der Waals surface area contributed by atoms with E-state index in [-0.39, 0.29) is 16.6 Å². The van der Waals surface area contributed by atoms with Gasteiger partial charge in [0.2, 0.25) is 0 Å². The minimum absolute atomic E-state index is 0.0725. The summed E-state index contributed by atoms with van der Waals surface area (Å²) in [5.41, 5.74) is 1.60. The molecule has 0 N–H and O–H groups in total. The Balaban J connectivity index is 2.02. The molecule has 0 spiro atoms. The molecule has 0 bridgehead atoms. The summed E-state index contributed by atoms with van der Waals surface area (Å²) in [4.78, 5) is 34.0. The quantitative estimate of drug-likeness (QED) is 0.404. The largest absolute Gasteiger partial charge is 0.328 e. The Labute approximate surface area is 162 Å². The standard InChI is InChI=1S/C18H25N5O3S/c1-4-6-7-8-13-15(23(25)26)10-9-14-16(13)27-17(19-14)22-12-20(3)11-21(5-2)18(22)24/h9-10H,4-8,11-12H2,1-3H3. The smallest absolute Gasteiger partial charge is 0.312 e. The van der Waals surface area contributed by atoms with Crippen molar-refractivity contribution in [2.24, 2.45) is 0 Å². The minimum Gasteiger partial charge on any atom is -0.312 e. The highest BCUT2D eigenvalue weighted by Gasteiger charge is 2.31. The van der Waals surface area contributed by atoms with Crippen LogP contribution < -0.4 is 4.90 Å². The molecule has 0 unspecified atom stereocenters. The van der Waals surface area contributed by atoms with Gasteiger partial charge in [-0.15, -0.1) is 0 Å². The van der Waals surface area contributed by atoms with E-state index in [0.29, 0.717) is 31.4 Å². The second-order valence-electron chi connectivity index (χ2n) is 6.83. The Morgan fingerprint density at radius 3 is 2.70 bits per heavy atom. The maximum absolute atomic E-state index is 12.7. The van der Waals surface area contributed by atoms with Crippen molar-refractivity contribution in [3.63, 3.8) is 0 Å². The number of benzene rings is 1. The number of amides is 2. The summed E-state index contributed by atoms with van der Waals surface area (Å²) in [6, 6.07) is 3.15. The van der Waals surface area contributed by atoms with Crippen molar-refractivity contribution < 1.29 is 9.72 Å². The van der Waals surface area contributed by atoms with Crippen LogP contribution in [0.3, 0.4) is 0 Å². The molecule has 0 saturated carbocycles. The van der Waals surface area contributed by atoms with Gasteiger partial charge in [0.25, 0.3) is 5.69 Å². The van der Waals surface area contributed by atoms with E-state index >= 15 is 0 Å². The molecule has 8 nitrogen and oxygen atoms in total. The number of nitro groups is 1.